The molecule has 3 rings (SSSR count). The SMILES string of the molecule is CCN(Cc1csc(N(C(C)=O)c2ccc(C)cc2)n1)Cc1ccc(Cl)s1. The summed E-state index contributed by atoms with van der Waals surface area (Å²) in [5, 5.41) is 2.74. The average molecular weight is 420 g/mol. The van der Waals surface area contributed by atoms with Gasteiger partial charge in [0.25, 0.3) is 0 Å². The summed E-state index contributed by atoms with van der Waals surface area (Å²) in [6.07, 6.45) is 0. The molecule has 0 saturated carbocycles. The van der Waals surface area contributed by atoms with E-state index in [0.717, 1.165) is 40.9 Å². The lowest BCUT2D eigenvalue weighted by Crippen LogP contribution is -2.24. The van der Waals surface area contributed by atoms with Gasteiger partial charge in [-0.25, -0.2) is 4.98 Å². The normalized spacial score (nSPS) is 11.1. The van der Waals surface area contributed by atoms with Gasteiger partial charge in [-0.3, -0.25) is 14.6 Å². The highest BCUT2D eigenvalue weighted by atomic mass is 35.5. The second-order valence-corrected chi connectivity index (χ2v) is 8.96. The summed E-state index contributed by atoms with van der Waals surface area (Å²) in [4.78, 5) is 22.2. The summed E-state index contributed by atoms with van der Waals surface area (Å²) in [5.74, 6) is -0.0414. The van der Waals surface area contributed by atoms with Crippen LogP contribution < -0.4 is 4.90 Å². The van der Waals surface area contributed by atoms with Crippen LogP contribution >= 0.6 is 34.3 Å². The number of benzene rings is 1. The summed E-state index contributed by atoms with van der Waals surface area (Å²) in [7, 11) is 0. The Morgan fingerprint density at radius 2 is 1.89 bits per heavy atom. The van der Waals surface area contributed by atoms with Crippen molar-refractivity contribution >= 4 is 51.0 Å². The molecule has 0 spiro atoms. The van der Waals surface area contributed by atoms with Crippen molar-refractivity contribution in [3.8, 4) is 0 Å². The van der Waals surface area contributed by atoms with E-state index in [9.17, 15) is 4.79 Å². The van der Waals surface area contributed by atoms with E-state index in [2.05, 4.69) is 17.9 Å². The number of hydrogen-bond acceptors (Lipinski definition) is 5. The van der Waals surface area contributed by atoms with E-state index in [1.807, 2.05) is 42.6 Å². The van der Waals surface area contributed by atoms with Crippen LogP contribution in [0.5, 0.6) is 0 Å². The molecule has 0 aliphatic carbocycles. The zero-order valence-corrected chi connectivity index (χ0v) is 18.0. The van der Waals surface area contributed by atoms with Crippen molar-refractivity contribution in [3.05, 3.63) is 62.2 Å². The van der Waals surface area contributed by atoms with E-state index < -0.39 is 0 Å². The van der Waals surface area contributed by atoms with Crippen LogP contribution in [0.25, 0.3) is 0 Å². The number of nitrogens with zero attached hydrogens (tertiary/aromatic N) is 3. The van der Waals surface area contributed by atoms with Crippen LogP contribution in [0.1, 0.15) is 30.0 Å². The number of amides is 1. The Hall–Kier alpha value is -1.73. The van der Waals surface area contributed by atoms with Gasteiger partial charge >= 0.3 is 0 Å². The quantitative estimate of drug-likeness (QED) is 0.480. The van der Waals surface area contributed by atoms with Crippen molar-refractivity contribution < 1.29 is 4.79 Å². The lowest BCUT2D eigenvalue weighted by molar-refractivity contribution is -0.115. The largest absolute Gasteiger partial charge is 0.293 e. The molecule has 4 nitrogen and oxygen atoms in total. The highest BCUT2D eigenvalue weighted by Gasteiger charge is 2.18. The number of halogens is 1. The topological polar surface area (TPSA) is 36.4 Å². The van der Waals surface area contributed by atoms with Crippen LogP contribution in [0.2, 0.25) is 4.34 Å². The minimum absolute atomic E-state index is 0.0414. The van der Waals surface area contributed by atoms with Crippen molar-refractivity contribution in [1.29, 1.82) is 0 Å². The van der Waals surface area contributed by atoms with Gasteiger partial charge in [0.05, 0.1) is 15.7 Å². The molecule has 2 aromatic heterocycles. The van der Waals surface area contributed by atoms with Gasteiger partial charge in [0.2, 0.25) is 5.91 Å². The van der Waals surface area contributed by atoms with Gasteiger partial charge in [0, 0.05) is 30.3 Å². The molecule has 0 saturated heterocycles. The number of thiazole rings is 1. The van der Waals surface area contributed by atoms with E-state index in [4.69, 9.17) is 16.6 Å². The number of hydrogen-bond donors (Lipinski definition) is 0. The first kappa shape index (κ1) is 20.0. The number of aryl methyl sites for hydroxylation is 1. The molecule has 27 heavy (non-hydrogen) atoms. The molecule has 0 N–H and O–H groups in total. The molecule has 0 aliphatic rings. The molecule has 0 atom stereocenters. The minimum Gasteiger partial charge on any atom is -0.293 e. The summed E-state index contributed by atoms with van der Waals surface area (Å²) in [6, 6.07) is 11.9. The van der Waals surface area contributed by atoms with Crippen LogP contribution in [0.3, 0.4) is 0 Å². The smallest absolute Gasteiger partial charge is 0.230 e. The fourth-order valence-corrected chi connectivity index (χ4v) is 4.77. The van der Waals surface area contributed by atoms with E-state index in [0.29, 0.717) is 5.13 Å². The van der Waals surface area contributed by atoms with Crippen LogP contribution in [-0.2, 0) is 17.9 Å². The predicted molar refractivity (Wildman–Crippen MR) is 115 cm³/mol. The van der Waals surface area contributed by atoms with Gasteiger partial charge in [-0.2, -0.15) is 0 Å². The average Bonchev–Trinajstić information content (AvgIpc) is 3.25. The van der Waals surface area contributed by atoms with Crippen LogP contribution in [0.15, 0.2) is 41.8 Å². The summed E-state index contributed by atoms with van der Waals surface area (Å²) in [6.45, 7) is 8.23. The number of rotatable bonds is 7. The maximum absolute atomic E-state index is 12.2. The number of carbonyl (C=O) groups is 1. The summed E-state index contributed by atoms with van der Waals surface area (Å²) >= 11 is 9.14. The van der Waals surface area contributed by atoms with Gasteiger partial charge in [-0.05, 0) is 37.7 Å². The monoisotopic (exact) mass is 419 g/mol. The third kappa shape index (κ3) is 5.17. The van der Waals surface area contributed by atoms with Gasteiger partial charge < -0.3 is 0 Å². The Labute approximate surface area is 173 Å². The van der Waals surface area contributed by atoms with E-state index >= 15 is 0 Å². The highest BCUT2D eigenvalue weighted by Crippen LogP contribution is 2.30. The molecule has 0 unspecified atom stereocenters. The minimum atomic E-state index is -0.0414. The van der Waals surface area contributed by atoms with Crippen molar-refractivity contribution in [2.24, 2.45) is 0 Å². The van der Waals surface area contributed by atoms with Crippen LogP contribution in [0.4, 0.5) is 10.8 Å². The Morgan fingerprint density at radius 3 is 2.48 bits per heavy atom. The molecule has 142 valence electrons. The Balaban J connectivity index is 1.75. The van der Waals surface area contributed by atoms with Crippen LogP contribution in [0, 0.1) is 6.92 Å². The third-order valence-corrected chi connectivity index (χ3v) is 6.27. The number of thiophene rings is 1. The highest BCUT2D eigenvalue weighted by molar-refractivity contribution is 7.16. The molecular formula is C20H22ClN3OS2. The number of anilines is 2. The molecule has 0 radical (unpaired) electrons. The molecule has 0 bridgehead atoms. The fourth-order valence-electron chi connectivity index (χ4n) is 2.76. The van der Waals surface area contributed by atoms with E-state index in [-0.39, 0.29) is 5.91 Å². The predicted octanol–water partition coefficient (Wildman–Crippen LogP) is 5.87. The molecule has 0 aliphatic heterocycles. The zero-order valence-electron chi connectivity index (χ0n) is 15.6. The standard InChI is InChI=1S/C20H22ClN3OS2/c1-4-23(12-18-9-10-19(21)27-18)11-16-13-26-20(22-16)24(15(3)25)17-7-5-14(2)6-8-17/h5-10,13H,4,11-12H2,1-3H3. The first-order valence-corrected chi connectivity index (χ1v) is 10.8. The Morgan fingerprint density at radius 1 is 1.15 bits per heavy atom. The second-order valence-electron chi connectivity index (χ2n) is 6.32. The van der Waals surface area contributed by atoms with E-state index in [1.165, 1.54) is 16.2 Å². The Bertz CT molecular complexity index is 904. The van der Waals surface area contributed by atoms with Gasteiger partial charge in [-0.1, -0.05) is 36.2 Å². The molecule has 7 heteroatoms. The van der Waals surface area contributed by atoms with E-state index in [1.54, 1.807) is 23.2 Å². The molecule has 1 amide bonds. The maximum Gasteiger partial charge on any atom is 0.230 e. The van der Waals surface area contributed by atoms with Crippen molar-refractivity contribution in [1.82, 2.24) is 9.88 Å². The third-order valence-electron chi connectivity index (χ3n) is 4.18. The summed E-state index contributed by atoms with van der Waals surface area (Å²) < 4.78 is 0.812. The van der Waals surface area contributed by atoms with Crippen LogP contribution in [-0.4, -0.2) is 22.3 Å². The number of aromatic nitrogens is 1. The maximum atomic E-state index is 12.2. The van der Waals surface area contributed by atoms with Gasteiger partial charge in [0.15, 0.2) is 5.13 Å². The Kier molecular flexibility index (Phi) is 6.65. The van der Waals surface area contributed by atoms with Gasteiger partial charge in [0.1, 0.15) is 0 Å². The van der Waals surface area contributed by atoms with Crippen molar-refractivity contribution in [2.45, 2.75) is 33.9 Å². The zero-order chi connectivity index (χ0) is 19.4. The van der Waals surface area contributed by atoms with Crippen molar-refractivity contribution in [3.63, 3.8) is 0 Å². The lowest BCUT2D eigenvalue weighted by atomic mass is 10.2. The first-order valence-electron chi connectivity index (χ1n) is 8.74. The van der Waals surface area contributed by atoms with Crippen molar-refractivity contribution in [2.75, 3.05) is 11.4 Å². The molecule has 0 fully saturated rings. The lowest BCUT2D eigenvalue weighted by Gasteiger charge is -2.19. The molecular weight excluding hydrogens is 398 g/mol. The first-order chi connectivity index (χ1) is 13.0. The molecule has 1 aromatic carbocycles. The number of carbonyl (C=O) groups excluding carboxylic acids is 1. The van der Waals surface area contributed by atoms with Gasteiger partial charge in [-0.15, -0.1) is 22.7 Å². The molecule has 3 aromatic rings. The molecule has 2 heterocycles. The second kappa shape index (κ2) is 8.97. The summed E-state index contributed by atoms with van der Waals surface area (Å²) in [5.41, 5.74) is 2.97. The fraction of sp³-hybridized carbons (Fsp3) is 0.300.